The molecule has 0 radical (unpaired) electrons. The molecular formula is C52H36N4. The van der Waals surface area contributed by atoms with Gasteiger partial charge in [-0.15, -0.1) is 0 Å². The zero-order valence-corrected chi connectivity index (χ0v) is 30.9. The van der Waals surface area contributed by atoms with Crippen LogP contribution in [0.2, 0.25) is 0 Å². The summed E-state index contributed by atoms with van der Waals surface area (Å²) in [6.07, 6.45) is 0.624. The van der Waals surface area contributed by atoms with Crippen molar-refractivity contribution < 1.29 is 0 Å². The topological polar surface area (TPSA) is 34.6 Å². The summed E-state index contributed by atoms with van der Waals surface area (Å²) in [4.78, 5) is 10.6. The van der Waals surface area contributed by atoms with Crippen molar-refractivity contribution in [1.82, 2.24) is 9.13 Å². The molecule has 8 aromatic carbocycles. The molecule has 0 saturated carbocycles. The SMILES string of the molecule is CC1=Nc2ccccc2CC(n2c3ccccc3c3ccc(-n4c5ccc(-c6ccccc6)cc5c5cc(-c6ccccc6)ccc54)cc32)=Nc2ccccc21. The van der Waals surface area contributed by atoms with Crippen LogP contribution in [-0.2, 0) is 6.42 Å². The molecule has 10 aromatic rings. The molecule has 0 saturated heterocycles. The van der Waals surface area contributed by atoms with Crippen LogP contribution in [0.1, 0.15) is 18.1 Å². The summed E-state index contributed by atoms with van der Waals surface area (Å²) in [7, 11) is 0. The van der Waals surface area contributed by atoms with Gasteiger partial charge in [0.2, 0.25) is 0 Å². The largest absolute Gasteiger partial charge is 0.309 e. The molecule has 0 N–H and O–H groups in total. The van der Waals surface area contributed by atoms with Crippen LogP contribution in [0.25, 0.3) is 71.6 Å². The standard InChI is InChI=1S/C52H36N4/c1-34-41-19-9-12-22-47(41)54-52(32-39-18-8-11-21-46(39)53-34)56-48-23-13-10-20-42(48)43-27-26-40(33-51(43)56)55-49-28-24-37(35-14-4-2-5-15-35)30-44(49)45-31-38(25-29-50(45)55)36-16-6-3-7-17-36/h2-31,33H,32H2,1H3. The molecule has 0 spiro atoms. The van der Waals surface area contributed by atoms with Gasteiger partial charge in [0.25, 0.3) is 0 Å². The lowest BCUT2D eigenvalue weighted by atomic mass is 10.0. The van der Waals surface area contributed by atoms with E-state index in [1.807, 2.05) is 0 Å². The van der Waals surface area contributed by atoms with Gasteiger partial charge in [-0.2, -0.15) is 0 Å². The van der Waals surface area contributed by atoms with Gasteiger partial charge in [-0.3, -0.25) is 9.56 Å². The van der Waals surface area contributed by atoms with E-state index in [4.69, 9.17) is 9.98 Å². The van der Waals surface area contributed by atoms with Crippen molar-refractivity contribution in [1.29, 1.82) is 0 Å². The van der Waals surface area contributed by atoms with Gasteiger partial charge >= 0.3 is 0 Å². The summed E-state index contributed by atoms with van der Waals surface area (Å²) in [6, 6.07) is 67.6. The lowest BCUT2D eigenvalue weighted by Gasteiger charge is -2.14. The molecule has 0 atom stereocenters. The van der Waals surface area contributed by atoms with E-state index in [-0.39, 0.29) is 0 Å². The van der Waals surface area contributed by atoms with E-state index >= 15 is 0 Å². The average molecular weight is 717 g/mol. The lowest BCUT2D eigenvalue weighted by molar-refractivity contribution is 1.14. The molecule has 2 aromatic heterocycles. The Hall–Kier alpha value is -7.30. The van der Waals surface area contributed by atoms with Crippen LogP contribution in [0.5, 0.6) is 0 Å². The number of aromatic nitrogens is 2. The summed E-state index contributed by atoms with van der Waals surface area (Å²) in [6.45, 7) is 2.08. The Morgan fingerprint density at radius 1 is 0.393 bits per heavy atom. The Morgan fingerprint density at radius 2 is 0.964 bits per heavy atom. The minimum absolute atomic E-state index is 0.624. The second-order valence-corrected chi connectivity index (χ2v) is 14.6. The number of hydrogen-bond acceptors (Lipinski definition) is 2. The van der Waals surface area contributed by atoms with E-state index in [9.17, 15) is 0 Å². The van der Waals surface area contributed by atoms with E-state index in [1.165, 1.54) is 54.8 Å². The fraction of sp³-hybridized carbons (Fsp3) is 0.0385. The predicted octanol–water partition coefficient (Wildman–Crippen LogP) is 13.5. The highest BCUT2D eigenvalue weighted by Crippen LogP contribution is 2.39. The third-order valence-corrected chi connectivity index (χ3v) is 11.3. The fourth-order valence-corrected chi connectivity index (χ4v) is 8.66. The number of rotatable bonds is 3. The average Bonchev–Trinajstić information content (AvgIpc) is 3.77. The van der Waals surface area contributed by atoms with Gasteiger partial charge < -0.3 is 4.57 Å². The molecule has 0 fully saturated rings. The molecule has 3 heterocycles. The monoisotopic (exact) mass is 716 g/mol. The maximum absolute atomic E-state index is 5.51. The molecule has 4 heteroatoms. The molecule has 1 aliphatic heterocycles. The molecule has 1 aliphatic rings. The first-order chi connectivity index (χ1) is 27.7. The normalized spacial score (nSPS) is 12.9. The minimum atomic E-state index is 0.624. The van der Waals surface area contributed by atoms with Gasteiger partial charge in [0, 0.05) is 44.9 Å². The van der Waals surface area contributed by atoms with Crippen molar-refractivity contribution in [2.75, 3.05) is 0 Å². The third-order valence-electron chi connectivity index (χ3n) is 11.3. The number of aliphatic imine (C=N–C) groups is 2. The zero-order valence-electron chi connectivity index (χ0n) is 30.9. The zero-order chi connectivity index (χ0) is 37.2. The quantitative estimate of drug-likeness (QED) is 0.174. The van der Waals surface area contributed by atoms with Crippen LogP contribution in [0.15, 0.2) is 198 Å². The summed E-state index contributed by atoms with van der Waals surface area (Å²) in [5.41, 5.74) is 15.6. The van der Waals surface area contributed by atoms with E-state index in [1.54, 1.807) is 0 Å². The summed E-state index contributed by atoms with van der Waals surface area (Å²) in [5.74, 6) is 0.959. The van der Waals surface area contributed by atoms with Gasteiger partial charge in [-0.25, -0.2) is 4.99 Å². The fourth-order valence-electron chi connectivity index (χ4n) is 8.66. The molecule has 0 aliphatic carbocycles. The van der Waals surface area contributed by atoms with Crippen LogP contribution in [0.3, 0.4) is 0 Å². The van der Waals surface area contributed by atoms with Crippen molar-refractivity contribution in [3.8, 4) is 27.9 Å². The van der Waals surface area contributed by atoms with Crippen LogP contribution in [0.4, 0.5) is 11.4 Å². The molecule has 0 bridgehead atoms. The number of hydrogen-bond donors (Lipinski definition) is 0. The molecule has 56 heavy (non-hydrogen) atoms. The molecule has 264 valence electrons. The summed E-state index contributed by atoms with van der Waals surface area (Å²) >= 11 is 0. The molecule has 0 amide bonds. The van der Waals surface area contributed by atoms with Crippen molar-refractivity contribution in [3.05, 3.63) is 199 Å². The first-order valence-electron chi connectivity index (χ1n) is 19.2. The highest BCUT2D eigenvalue weighted by molar-refractivity contribution is 6.17. The smallest absolute Gasteiger partial charge is 0.118 e. The Kier molecular flexibility index (Phi) is 7.42. The highest BCUT2D eigenvalue weighted by atomic mass is 15.1. The van der Waals surface area contributed by atoms with Crippen LogP contribution >= 0.6 is 0 Å². The van der Waals surface area contributed by atoms with Gasteiger partial charge in [0.1, 0.15) is 5.84 Å². The van der Waals surface area contributed by atoms with Crippen LogP contribution in [-0.4, -0.2) is 20.7 Å². The van der Waals surface area contributed by atoms with E-state index in [0.717, 1.165) is 50.8 Å². The van der Waals surface area contributed by atoms with Crippen LogP contribution < -0.4 is 0 Å². The molecule has 11 rings (SSSR count). The lowest BCUT2D eigenvalue weighted by Crippen LogP contribution is -2.15. The second kappa shape index (κ2) is 12.9. The van der Waals surface area contributed by atoms with Crippen LogP contribution in [0, 0.1) is 0 Å². The van der Waals surface area contributed by atoms with Gasteiger partial charge in [0.15, 0.2) is 0 Å². The highest BCUT2D eigenvalue weighted by Gasteiger charge is 2.21. The first-order valence-corrected chi connectivity index (χ1v) is 19.2. The maximum atomic E-state index is 5.51. The van der Waals surface area contributed by atoms with Gasteiger partial charge in [-0.1, -0.05) is 133 Å². The Balaban J connectivity index is 1.18. The Labute approximate surface area is 325 Å². The van der Waals surface area contributed by atoms with E-state index in [2.05, 4.69) is 204 Å². The summed E-state index contributed by atoms with van der Waals surface area (Å²) in [5, 5.41) is 4.85. The van der Waals surface area contributed by atoms with Gasteiger partial charge in [0.05, 0.1) is 33.4 Å². The molecule has 0 unspecified atom stereocenters. The number of para-hydroxylation sites is 3. The number of fused-ring (bicyclic) bond motifs is 8. The van der Waals surface area contributed by atoms with E-state index in [0.29, 0.717) is 6.42 Å². The molecular weight excluding hydrogens is 681 g/mol. The Morgan fingerprint density at radius 3 is 1.68 bits per heavy atom. The van der Waals surface area contributed by atoms with Crippen molar-refractivity contribution in [3.63, 3.8) is 0 Å². The Bertz CT molecular complexity index is 3120. The maximum Gasteiger partial charge on any atom is 0.118 e. The third kappa shape index (κ3) is 5.22. The van der Waals surface area contributed by atoms with Crippen molar-refractivity contribution >= 4 is 66.5 Å². The van der Waals surface area contributed by atoms with Crippen molar-refractivity contribution in [2.45, 2.75) is 13.3 Å². The summed E-state index contributed by atoms with van der Waals surface area (Å²) < 4.78 is 4.82. The second-order valence-electron chi connectivity index (χ2n) is 14.6. The number of benzene rings is 8. The number of nitrogens with zero attached hydrogens (tertiary/aromatic N) is 4. The van der Waals surface area contributed by atoms with Crippen molar-refractivity contribution in [2.24, 2.45) is 9.98 Å². The van der Waals surface area contributed by atoms with Gasteiger partial charge in [-0.05, 0) is 89.3 Å². The van der Waals surface area contributed by atoms with E-state index < -0.39 is 0 Å². The predicted molar refractivity (Wildman–Crippen MR) is 236 cm³/mol. The molecule has 4 nitrogen and oxygen atoms in total. The minimum Gasteiger partial charge on any atom is -0.309 e. The first kappa shape index (κ1) is 32.2.